The molecule has 2 aromatic heterocycles. The van der Waals surface area contributed by atoms with Gasteiger partial charge in [0, 0.05) is 27.3 Å². The van der Waals surface area contributed by atoms with Gasteiger partial charge in [-0.1, -0.05) is 41.9 Å². The van der Waals surface area contributed by atoms with Crippen molar-refractivity contribution < 1.29 is 4.79 Å². The predicted octanol–water partition coefficient (Wildman–Crippen LogP) is 5.07. The zero-order valence-corrected chi connectivity index (χ0v) is 17.2. The molecule has 6 heteroatoms. The van der Waals surface area contributed by atoms with E-state index in [-0.39, 0.29) is 18.0 Å². The molecule has 0 bridgehead atoms. The molecule has 0 saturated carbocycles. The molecule has 1 amide bonds. The van der Waals surface area contributed by atoms with E-state index in [9.17, 15) is 4.79 Å². The molecule has 0 radical (unpaired) electrons. The largest absolute Gasteiger partial charge is 0.351 e. The van der Waals surface area contributed by atoms with E-state index in [1.807, 2.05) is 24.3 Å². The number of carbonyl (C=O) groups excluding carboxylic acids is 1. The van der Waals surface area contributed by atoms with Crippen LogP contribution in [-0.4, -0.2) is 16.9 Å². The Morgan fingerprint density at radius 2 is 2.03 bits per heavy atom. The van der Waals surface area contributed by atoms with E-state index in [1.54, 1.807) is 11.3 Å². The number of hydrogen-bond donors (Lipinski definition) is 3. The van der Waals surface area contributed by atoms with E-state index >= 15 is 0 Å². The number of carbonyl (C=O) groups is 1. The lowest BCUT2D eigenvalue weighted by atomic mass is 10.1. The van der Waals surface area contributed by atoms with Gasteiger partial charge < -0.3 is 15.6 Å². The maximum Gasteiger partial charge on any atom is 0.268 e. The van der Waals surface area contributed by atoms with E-state index in [2.05, 4.69) is 57.4 Å². The van der Waals surface area contributed by atoms with Crippen LogP contribution in [0.25, 0.3) is 10.9 Å². The first-order valence-corrected chi connectivity index (χ1v) is 10.9. The Bertz CT molecular complexity index is 1170. The summed E-state index contributed by atoms with van der Waals surface area (Å²) in [6, 6.07) is 20.1. The summed E-state index contributed by atoms with van der Waals surface area (Å²) in [5.41, 5.74) is 4.00. The molecule has 0 aliphatic heterocycles. The molecule has 2 heterocycles. The molecule has 2 aromatic carbocycles. The van der Waals surface area contributed by atoms with Crippen LogP contribution in [-0.2, 0) is 13.0 Å². The molecule has 1 aliphatic rings. The molecule has 0 spiro atoms. The van der Waals surface area contributed by atoms with Crippen molar-refractivity contribution in [1.29, 1.82) is 0 Å². The summed E-state index contributed by atoms with van der Waals surface area (Å²) >= 11 is 7.81. The number of aromatic amines is 1. The average Bonchev–Trinajstić information content (AvgIpc) is 3.44. The van der Waals surface area contributed by atoms with E-state index in [0.717, 1.165) is 23.9 Å². The summed E-state index contributed by atoms with van der Waals surface area (Å²) in [6.07, 6.45) is 0.816. The second-order valence-corrected chi connectivity index (χ2v) is 8.80. The van der Waals surface area contributed by atoms with Crippen LogP contribution in [0, 0.1) is 0 Å². The van der Waals surface area contributed by atoms with Gasteiger partial charge in [-0.25, -0.2) is 0 Å². The number of H-pyrrole nitrogens is 1. The Kier molecular flexibility index (Phi) is 4.87. The van der Waals surface area contributed by atoms with E-state index in [4.69, 9.17) is 11.6 Å². The molecule has 5 rings (SSSR count). The van der Waals surface area contributed by atoms with Gasteiger partial charge in [-0.2, -0.15) is 0 Å². The second kappa shape index (κ2) is 7.67. The first kappa shape index (κ1) is 18.4. The average molecular weight is 422 g/mol. The predicted molar refractivity (Wildman–Crippen MR) is 119 cm³/mol. The Balaban J connectivity index is 1.37. The normalized spacial score (nSPS) is 18.1. The fourth-order valence-corrected chi connectivity index (χ4v) is 4.91. The minimum atomic E-state index is -0.0990. The third kappa shape index (κ3) is 3.69. The van der Waals surface area contributed by atoms with Crippen molar-refractivity contribution in [2.75, 3.05) is 0 Å². The van der Waals surface area contributed by atoms with Gasteiger partial charge in [-0.15, -0.1) is 11.3 Å². The molecule has 0 saturated heterocycles. The summed E-state index contributed by atoms with van der Waals surface area (Å²) < 4.78 is 0. The first-order valence-electron chi connectivity index (χ1n) is 9.60. The van der Waals surface area contributed by atoms with Crippen LogP contribution in [0.4, 0.5) is 0 Å². The monoisotopic (exact) mass is 421 g/mol. The molecular formula is C23H20ClN3OS. The summed E-state index contributed by atoms with van der Waals surface area (Å²) in [5, 5.41) is 10.6. The molecular weight excluding hydrogens is 402 g/mol. The first-order chi connectivity index (χ1) is 14.2. The zero-order valence-electron chi connectivity index (χ0n) is 15.6. The van der Waals surface area contributed by atoms with Crippen molar-refractivity contribution in [3.63, 3.8) is 0 Å². The van der Waals surface area contributed by atoms with Gasteiger partial charge in [0.15, 0.2) is 0 Å². The minimum Gasteiger partial charge on any atom is -0.351 e. The van der Waals surface area contributed by atoms with Crippen molar-refractivity contribution in [3.8, 4) is 0 Å². The van der Waals surface area contributed by atoms with Gasteiger partial charge in [-0.05, 0) is 53.3 Å². The number of hydrogen-bond acceptors (Lipinski definition) is 3. The van der Waals surface area contributed by atoms with Crippen LogP contribution >= 0.6 is 22.9 Å². The van der Waals surface area contributed by atoms with Gasteiger partial charge in [0.05, 0.1) is 12.1 Å². The lowest BCUT2D eigenvalue weighted by Gasteiger charge is -2.23. The standard InChI is InChI=1S/C23H20ClN3OS/c24-16-7-8-19-15(10-16)12-21(26-19)23(28)27-20-11-14-4-1-2-6-18(14)22(20)25-13-17-5-3-9-29-17/h1-10,12,20,22,25-26H,11,13H2,(H,27,28)/t20-,22-/m0/s1. The van der Waals surface area contributed by atoms with E-state index in [1.165, 1.54) is 16.0 Å². The van der Waals surface area contributed by atoms with Gasteiger partial charge in [0.25, 0.3) is 5.91 Å². The second-order valence-electron chi connectivity index (χ2n) is 7.34. The quantitative estimate of drug-likeness (QED) is 0.421. The van der Waals surface area contributed by atoms with Crippen LogP contribution < -0.4 is 10.6 Å². The lowest BCUT2D eigenvalue weighted by Crippen LogP contribution is -2.42. The summed E-state index contributed by atoms with van der Waals surface area (Å²) in [6.45, 7) is 0.786. The van der Waals surface area contributed by atoms with Crippen molar-refractivity contribution >= 4 is 39.7 Å². The smallest absolute Gasteiger partial charge is 0.268 e. The molecule has 2 atom stereocenters. The minimum absolute atomic E-state index is 0.00476. The fraction of sp³-hybridized carbons (Fsp3) is 0.174. The molecule has 3 N–H and O–H groups in total. The molecule has 146 valence electrons. The van der Waals surface area contributed by atoms with Crippen LogP contribution in [0.1, 0.15) is 32.5 Å². The van der Waals surface area contributed by atoms with Crippen LogP contribution in [0.5, 0.6) is 0 Å². The maximum absolute atomic E-state index is 13.0. The topological polar surface area (TPSA) is 56.9 Å². The number of benzene rings is 2. The van der Waals surface area contributed by atoms with E-state index in [0.29, 0.717) is 10.7 Å². The third-order valence-electron chi connectivity index (χ3n) is 5.45. The van der Waals surface area contributed by atoms with Crippen LogP contribution in [0.15, 0.2) is 66.0 Å². The number of halogens is 1. The van der Waals surface area contributed by atoms with E-state index < -0.39 is 0 Å². The number of nitrogens with one attached hydrogen (secondary N) is 3. The summed E-state index contributed by atoms with van der Waals surface area (Å²) in [7, 11) is 0. The Labute approximate surface area is 177 Å². The molecule has 0 fully saturated rings. The van der Waals surface area contributed by atoms with Crippen molar-refractivity contribution in [2.24, 2.45) is 0 Å². The van der Waals surface area contributed by atoms with Gasteiger partial charge in [-0.3, -0.25) is 4.79 Å². The highest BCUT2D eigenvalue weighted by Crippen LogP contribution is 2.32. The highest BCUT2D eigenvalue weighted by molar-refractivity contribution is 7.09. The number of thiophene rings is 1. The fourth-order valence-electron chi connectivity index (χ4n) is 4.08. The highest BCUT2D eigenvalue weighted by Gasteiger charge is 2.33. The van der Waals surface area contributed by atoms with Crippen molar-refractivity contribution in [3.05, 3.63) is 92.8 Å². The number of fused-ring (bicyclic) bond motifs is 2. The summed E-state index contributed by atoms with van der Waals surface area (Å²) in [5.74, 6) is -0.0990. The third-order valence-corrected chi connectivity index (χ3v) is 6.56. The SMILES string of the molecule is O=C(N[C@H]1Cc2ccccc2[C@@H]1NCc1cccs1)c1cc2cc(Cl)ccc2[nH]1. The zero-order chi connectivity index (χ0) is 19.8. The molecule has 0 unspecified atom stereocenters. The Hall–Kier alpha value is -2.60. The highest BCUT2D eigenvalue weighted by atomic mass is 35.5. The van der Waals surface area contributed by atoms with Crippen molar-refractivity contribution in [1.82, 2.24) is 15.6 Å². The van der Waals surface area contributed by atoms with Gasteiger partial charge in [0.2, 0.25) is 0 Å². The van der Waals surface area contributed by atoms with Gasteiger partial charge in [0.1, 0.15) is 5.69 Å². The number of aromatic nitrogens is 1. The number of amides is 1. The molecule has 4 aromatic rings. The van der Waals surface area contributed by atoms with Crippen LogP contribution in [0.3, 0.4) is 0 Å². The lowest BCUT2D eigenvalue weighted by molar-refractivity contribution is 0.0926. The summed E-state index contributed by atoms with van der Waals surface area (Å²) in [4.78, 5) is 17.5. The van der Waals surface area contributed by atoms with Crippen molar-refractivity contribution in [2.45, 2.75) is 25.0 Å². The van der Waals surface area contributed by atoms with Crippen LogP contribution in [0.2, 0.25) is 5.02 Å². The Morgan fingerprint density at radius 3 is 2.90 bits per heavy atom. The maximum atomic E-state index is 13.0. The van der Waals surface area contributed by atoms with Gasteiger partial charge >= 0.3 is 0 Å². The number of rotatable bonds is 5. The molecule has 1 aliphatic carbocycles. The Morgan fingerprint density at radius 1 is 1.14 bits per heavy atom. The molecule has 29 heavy (non-hydrogen) atoms. The molecule has 4 nitrogen and oxygen atoms in total.